The highest BCUT2D eigenvalue weighted by atomic mass is 28.4. The zero-order valence-electron chi connectivity index (χ0n) is 75.2. The Bertz CT molecular complexity index is 4050. The summed E-state index contributed by atoms with van der Waals surface area (Å²) in [6, 6.07) is 32.4. The standard InChI is InChI=1S/C86H136N8O21Si5/c1-82(2,3)116(16,17)104-54-64-69(109-75-66(93-80(98)103-53-58-44-36-29-37-45-58)71(114-119(22,23)85(10,11)12)70(113-118(20,21)84(7,8)9)63(106-75)49-88-77(95)100-50-55-38-30-26-31-39-55)73(115-120(24,25)86(13,14)15)76(107-64)110-72-67(60(47-61-68(72)111-81(99)91-61)90-78(96)101-51-56-40-32-27-33-41-56)108-74-65(92-79(97)102-52-57-42-34-28-35-43-57)62(46-59(105-74)48-89-94-87)112-117(18,19)83(4,5)6/h26-45,59-76H,46-54H2,1-25H3,(H,88,95)(H,90,96)(H,91,99)(H,92,97)(H,93,98)/t59-,60-,61+,62-,63-,64+,65+,66+,67+,68-,69+,70+,71+,72-,73+,74+,75+,76-/m0/s1. The fourth-order valence-corrected chi connectivity index (χ4v) is 19.7. The van der Waals surface area contributed by atoms with Crippen LogP contribution >= 0.6 is 0 Å². The fraction of sp³-hybridized carbons (Fsp3) is 0.663. The largest absolute Gasteiger partial charge is 0.445 e. The molecule has 4 aromatic rings. The van der Waals surface area contributed by atoms with Crippen LogP contribution in [0.1, 0.15) is 139 Å². The molecule has 0 bridgehead atoms. The van der Waals surface area contributed by atoms with Gasteiger partial charge in [0, 0.05) is 17.9 Å². The molecule has 9 rings (SSSR count). The van der Waals surface area contributed by atoms with Gasteiger partial charge in [0.2, 0.25) is 0 Å². The summed E-state index contributed by atoms with van der Waals surface area (Å²) in [6.07, 6.45) is -21.6. The molecule has 0 unspecified atom stereocenters. The zero-order chi connectivity index (χ0) is 88.4. The Morgan fingerprint density at radius 1 is 0.450 bits per heavy atom. The molecule has 29 nitrogen and oxygen atoms in total. The van der Waals surface area contributed by atoms with Gasteiger partial charge in [-0.05, 0) is 125 Å². The summed E-state index contributed by atoms with van der Waals surface area (Å²) in [5.74, 6) is 0. The lowest BCUT2D eigenvalue weighted by molar-refractivity contribution is -0.294. The van der Waals surface area contributed by atoms with Gasteiger partial charge in [-0.3, -0.25) is 0 Å². The lowest BCUT2D eigenvalue weighted by Gasteiger charge is -2.53. The number of ether oxygens (including phenoxy) is 11. The monoisotopic (exact) mass is 1760 g/mol. The van der Waals surface area contributed by atoms with Crippen molar-refractivity contribution in [3.63, 3.8) is 0 Å². The normalized spacial score (nSPS) is 27.2. The molecule has 120 heavy (non-hydrogen) atoms. The zero-order valence-corrected chi connectivity index (χ0v) is 80.2. The summed E-state index contributed by atoms with van der Waals surface area (Å²) < 4.78 is 113. The van der Waals surface area contributed by atoms with Crippen LogP contribution in [0.3, 0.4) is 0 Å². The van der Waals surface area contributed by atoms with Gasteiger partial charge in [-0.25, -0.2) is 24.0 Å². The van der Waals surface area contributed by atoms with Gasteiger partial charge in [0.25, 0.3) is 0 Å². The number of alkyl carbamates (subject to hydrolysis) is 5. The van der Waals surface area contributed by atoms with E-state index in [1.54, 1.807) is 0 Å². The minimum Gasteiger partial charge on any atom is -0.445 e. The third-order valence-corrected chi connectivity index (χ3v) is 48.1. The number of nitrogens with one attached hydrogen (secondary N) is 5. The van der Waals surface area contributed by atoms with Gasteiger partial charge in [0.1, 0.15) is 81.2 Å². The van der Waals surface area contributed by atoms with Crippen molar-refractivity contribution < 1.29 is 98.2 Å². The van der Waals surface area contributed by atoms with Crippen LogP contribution in [0.2, 0.25) is 90.7 Å². The third kappa shape index (κ3) is 25.7. The highest BCUT2D eigenvalue weighted by molar-refractivity contribution is 6.76. The molecule has 18 atom stereocenters. The Kier molecular flexibility index (Phi) is 32.3. The molecule has 0 aromatic heterocycles. The van der Waals surface area contributed by atoms with Gasteiger partial charge in [-0.1, -0.05) is 230 Å². The Morgan fingerprint density at radius 2 is 0.842 bits per heavy atom. The maximum absolute atomic E-state index is 15.2. The van der Waals surface area contributed by atoms with Crippen molar-refractivity contribution in [2.75, 3.05) is 19.7 Å². The van der Waals surface area contributed by atoms with Crippen molar-refractivity contribution in [1.29, 1.82) is 0 Å². The number of nitrogens with zero attached hydrogens (tertiary/aromatic N) is 3. The minimum absolute atomic E-state index is 0.0300. The maximum Gasteiger partial charge on any atom is 0.407 e. The third-order valence-electron chi connectivity index (χ3n) is 25.7. The average Bonchev–Trinajstić information content (AvgIpc) is 1.17. The second kappa shape index (κ2) is 40.0. The first-order valence-corrected chi connectivity index (χ1v) is 56.5. The average molecular weight is 1760 g/mol. The Hall–Kier alpha value is -6.82. The smallest absolute Gasteiger partial charge is 0.407 e. The molecule has 0 radical (unpaired) electrons. The molecule has 4 aliphatic heterocycles. The van der Waals surface area contributed by atoms with Crippen LogP contribution in [0.4, 0.5) is 24.0 Å². The van der Waals surface area contributed by atoms with E-state index < -0.39 is 197 Å². The van der Waals surface area contributed by atoms with Crippen LogP contribution in [0.15, 0.2) is 126 Å². The number of hydrogen-bond donors (Lipinski definition) is 5. The molecule has 666 valence electrons. The molecule has 5 fully saturated rings. The lowest BCUT2D eigenvalue weighted by Crippen LogP contribution is -2.71. The highest BCUT2D eigenvalue weighted by Gasteiger charge is 2.63. The van der Waals surface area contributed by atoms with Gasteiger partial charge >= 0.3 is 30.5 Å². The molecule has 34 heteroatoms. The van der Waals surface area contributed by atoms with Crippen molar-refractivity contribution in [2.24, 2.45) is 5.11 Å². The van der Waals surface area contributed by atoms with E-state index in [1.165, 1.54) is 0 Å². The van der Waals surface area contributed by atoms with Crippen LogP contribution < -0.4 is 26.6 Å². The van der Waals surface area contributed by atoms with Gasteiger partial charge < -0.3 is 101 Å². The predicted octanol–water partition coefficient (Wildman–Crippen LogP) is 17.3. The molecular formula is C86H136N8O21Si5. The molecule has 0 spiro atoms. The fourth-order valence-electron chi connectivity index (χ4n) is 13.4. The van der Waals surface area contributed by atoms with Crippen LogP contribution in [0.25, 0.3) is 10.4 Å². The molecule has 5 aliphatic rings. The number of hydrogen-bond acceptors (Lipinski definition) is 22. The number of benzene rings is 4. The van der Waals surface area contributed by atoms with Crippen molar-refractivity contribution in [1.82, 2.24) is 26.6 Å². The SMILES string of the molecule is CC(C)(C)[Si](C)(C)OC[C@H]1O[C@@H](O[C@@H]2[C@H]3OC(=O)N[C@@H]3C[C@H](NC(=O)OCc3ccccc3)[C@H]2O[C@H]2O[C@H](CN=[N+]=[N-])C[C@H](O[Si](C)(C)C(C)(C)C)[C@H]2NC(=O)OCc2ccccc2)[C@H](O[Si](C)(C)C(C)(C)C)[C@@H]1O[C@H]1O[C@@H](CNC(=O)OCc2ccccc2)[C@@H](O[Si](C)(C)C(C)(C)C)[C@H](O[Si](C)(C)C(C)(C)C)[C@H]1NC(=O)OCc1ccccc1. The summed E-state index contributed by atoms with van der Waals surface area (Å²) in [5, 5.41) is 17.3. The molecule has 5 amide bonds. The highest BCUT2D eigenvalue weighted by Crippen LogP contribution is 2.49. The summed E-state index contributed by atoms with van der Waals surface area (Å²) in [5.41, 5.74) is 12.8. The van der Waals surface area contributed by atoms with Crippen molar-refractivity contribution in [3.05, 3.63) is 154 Å². The van der Waals surface area contributed by atoms with Crippen LogP contribution in [0, 0.1) is 0 Å². The Balaban J connectivity index is 1.24. The van der Waals surface area contributed by atoms with E-state index in [0.29, 0.717) is 5.56 Å². The van der Waals surface area contributed by atoms with E-state index in [4.69, 9.17) is 74.2 Å². The van der Waals surface area contributed by atoms with Gasteiger partial charge in [-0.15, -0.1) is 0 Å². The van der Waals surface area contributed by atoms with Crippen LogP contribution in [-0.2, 0) is 101 Å². The Labute approximate surface area is 715 Å². The quantitative estimate of drug-likeness (QED) is 0.00997. The Morgan fingerprint density at radius 3 is 1.30 bits per heavy atom. The van der Waals surface area contributed by atoms with Gasteiger partial charge in [0.05, 0.1) is 43.5 Å². The second-order valence-electron chi connectivity index (χ2n) is 39.8. The molecule has 1 saturated carbocycles. The van der Waals surface area contributed by atoms with E-state index in [9.17, 15) is 24.7 Å². The summed E-state index contributed by atoms with van der Waals surface area (Å²) in [4.78, 5) is 76.3. The van der Waals surface area contributed by atoms with E-state index in [2.05, 4.69) is 206 Å². The van der Waals surface area contributed by atoms with E-state index in [-0.39, 0.29) is 69.0 Å². The molecule has 4 saturated heterocycles. The van der Waals surface area contributed by atoms with Crippen LogP contribution in [0.5, 0.6) is 0 Å². The van der Waals surface area contributed by atoms with Gasteiger partial charge in [0.15, 0.2) is 66.6 Å². The molecule has 4 heterocycles. The first-order chi connectivity index (χ1) is 55.9. The molecular weight excluding hydrogens is 1620 g/mol. The first-order valence-electron chi connectivity index (χ1n) is 42.0. The first kappa shape index (κ1) is 97.0. The summed E-state index contributed by atoms with van der Waals surface area (Å²) in [7, 11) is -14.7. The van der Waals surface area contributed by atoms with Crippen LogP contribution in [-0.4, -0.2) is 202 Å². The lowest BCUT2D eigenvalue weighted by atomic mass is 9.83. The van der Waals surface area contributed by atoms with Crippen molar-refractivity contribution in [3.8, 4) is 0 Å². The number of rotatable bonds is 32. The number of fused-ring (bicyclic) bond motifs is 1. The summed E-state index contributed by atoms with van der Waals surface area (Å²) in [6.45, 7) is 51.8. The minimum atomic E-state index is -3.18. The van der Waals surface area contributed by atoms with E-state index in [1.807, 2.05) is 121 Å². The molecule has 4 aromatic carbocycles. The van der Waals surface area contributed by atoms with Crippen molar-refractivity contribution in [2.45, 2.75) is 344 Å². The van der Waals surface area contributed by atoms with E-state index >= 15 is 4.79 Å². The predicted molar refractivity (Wildman–Crippen MR) is 468 cm³/mol. The number of carbonyl (C=O) groups excluding carboxylic acids is 5. The van der Waals surface area contributed by atoms with Crippen molar-refractivity contribution >= 4 is 72.1 Å². The maximum atomic E-state index is 15.2. The number of azide groups is 1. The number of carbonyl (C=O) groups is 5. The second-order valence-corrected chi connectivity index (χ2v) is 63.6. The summed E-state index contributed by atoms with van der Waals surface area (Å²) >= 11 is 0. The number of amides is 5. The molecule has 1 aliphatic carbocycles. The van der Waals surface area contributed by atoms with E-state index in [0.717, 1.165) is 16.7 Å². The van der Waals surface area contributed by atoms with Gasteiger partial charge in [-0.2, -0.15) is 0 Å². The molecule has 5 N–H and O–H groups in total. The topological polar surface area (TPSA) is 342 Å².